The third-order valence-electron chi connectivity index (χ3n) is 2.66. The van der Waals surface area contributed by atoms with E-state index in [1.165, 1.54) is 4.31 Å². The van der Waals surface area contributed by atoms with Crippen molar-refractivity contribution in [1.29, 1.82) is 0 Å². The van der Waals surface area contributed by atoms with Crippen LogP contribution in [0.2, 0.25) is 0 Å². The molecule has 1 aromatic carbocycles. The molecule has 1 N–H and O–H groups in total. The van der Waals surface area contributed by atoms with Gasteiger partial charge in [0.05, 0.1) is 11.0 Å². The molecule has 1 saturated heterocycles. The van der Waals surface area contributed by atoms with E-state index >= 15 is 0 Å². The summed E-state index contributed by atoms with van der Waals surface area (Å²) in [5.74, 6) is 0. The van der Waals surface area contributed by atoms with E-state index < -0.39 is 16.1 Å². The summed E-state index contributed by atoms with van der Waals surface area (Å²) in [6, 6.07) is 5.25. The van der Waals surface area contributed by atoms with Crippen molar-refractivity contribution in [1.82, 2.24) is 4.31 Å². The quantitative estimate of drug-likeness (QED) is 0.828. The monoisotopic (exact) mass is 241 g/mol. The van der Waals surface area contributed by atoms with E-state index in [1.54, 1.807) is 12.1 Å². The Morgan fingerprint density at radius 1 is 1.19 bits per heavy atom. The first kappa shape index (κ1) is 11.6. The van der Waals surface area contributed by atoms with Gasteiger partial charge in [-0.2, -0.15) is 4.31 Å². The zero-order valence-electron chi connectivity index (χ0n) is 9.34. The number of hydrogen-bond donors (Lipinski definition) is 1. The second kappa shape index (κ2) is 3.84. The zero-order valence-corrected chi connectivity index (χ0v) is 10.2. The number of benzene rings is 1. The maximum absolute atomic E-state index is 12.1. The molecule has 1 aromatic rings. The highest BCUT2D eigenvalue weighted by atomic mass is 32.2. The van der Waals surface area contributed by atoms with Crippen molar-refractivity contribution in [3.05, 3.63) is 29.3 Å². The summed E-state index contributed by atoms with van der Waals surface area (Å²) in [5, 5.41) is 9.13. The molecule has 2 rings (SSSR count). The highest BCUT2D eigenvalue weighted by Gasteiger charge is 2.35. The molecular formula is C11H15NO3S. The van der Waals surface area contributed by atoms with Crippen molar-refractivity contribution >= 4 is 10.0 Å². The van der Waals surface area contributed by atoms with Gasteiger partial charge in [-0.1, -0.05) is 6.07 Å². The number of aryl methyl sites for hydroxylation is 2. The molecule has 16 heavy (non-hydrogen) atoms. The summed E-state index contributed by atoms with van der Waals surface area (Å²) in [6.45, 7) is 4.15. The van der Waals surface area contributed by atoms with Crippen LogP contribution >= 0.6 is 0 Å². The summed E-state index contributed by atoms with van der Waals surface area (Å²) in [5.41, 5.74) is 1.86. The third kappa shape index (κ3) is 1.98. The Hall–Kier alpha value is -0.910. The molecule has 1 heterocycles. The van der Waals surface area contributed by atoms with E-state index in [0.29, 0.717) is 4.90 Å². The van der Waals surface area contributed by atoms with E-state index in [0.717, 1.165) is 11.1 Å². The van der Waals surface area contributed by atoms with Gasteiger partial charge >= 0.3 is 0 Å². The fourth-order valence-corrected chi connectivity index (χ4v) is 3.55. The van der Waals surface area contributed by atoms with Gasteiger partial charge in [-0.15, -0.1) is 0 Å². The number of sulfonamides is 1. The minimum absolute atomic E-state index is 0.204. The Bertz CT molecular complexity index is 484. The van der Waals surface area contributed by atoms with Crippen molar-refractivity contribution < 1.29 is 13.5 Å². The lowest BCUT2D eigenvalue weighted by molar-refractivity contribution is 0.0548. The lowest BCUT2D eigenvalue weighted by atomic mass is 10.2. The van der Waals surface area contributed by atoms with Crippen LogP contribution in [0.25, 0.3) is 0 Å². The molecule has 0 spiro atoms. The van der Waals surface area contributed by atoms with E-state index in [2.05, 4.69) is 0 Å². The van der Waals surface area contributed by atoms with Crippen molar-refractivity contribution in [2.24, 2.45) is 0 Å². The Balaban J connectivity index is 2.36. The van der Waals surface area contributed by atoms with Crippen LogP contribution in [0.1, 0.15) is 11.1 Å². The highest BCUT2D eigenvalue weighted by Crippen LogP contribution is 2.23. The second-order valence-corrected chi connectivity index (χ2v) is 6.24. The number of aliphatic hydroxyl groups is 1. The third-order valence-corrected chi connectivity index (χ3v) is 4.47. The van der Waals surface area contributed by atoms with E-state index in [9.17, 15) is 8.42 Å². The topological polar surface area (TPSA) is 57.6 Å². The largest absolute Gasteiger partial charge is 0.390 e. The predicted octanol–water partition coefficient (Wildman–Crippen LogP) is 0.669. The van der Waals surface area contributed by atoms with Crippen LogP contribution in [-0.4, -0.2) is 37.0 Å². The standard InChI is InChI=1S/C11H15NO3S/c1-8-3-9(2)5-11(4-8)16(14,15)12-6-10(13)7-12/h3-5,10,13H,6-7H2,1-2H3. The van der Waals surface area contributed by atoms with Gasteiger partial charge in [0.1, 0.15) is 0 Å². The highest BCUT2D eigenvalue weighted by molar-refractivity contribution is 7.89. The fraction of sp³-hybridized carbons (Fsp3) is 0.455. The normalized spacial score (nSPS) is 18.4. The summed E-state index contributed by atoms with van der Waals surface area (Å²) < 4.78 is 25.5. The summed E-state index contributed by atoms with van der Waals surface area (Å²) in [4.78, 5) is 0.317. The number of nitrogens with zero attached hydrogens (tertiary/aromatic N) is 1. The van der Waals surface area contributed by atoms with E-state index in [4.69, 9.17) is 5.11 Å². The Morgan fingerprint density at radius 2 is 1.69 bits per heavy atom. The van der Waals surface area contributed by atoms with Crippen LogP contribution in [0.15, 0.2) is 23.1 Å². The fourth-order valence-electron chi connectivity index (χ4n) is 1.84. The maximum atomic E-state index is 12.1. The van der Waals surface area contributed by atoms with E-state index in [-0.39, 0.29) is 13.1 Å². The average Bonchev–Trinajstić information content (AvgIpc) is 2.11. The lowest BCUT2D eigenvalue weighted by Gasteiger charge is -2.34. The molecule has 0 amide bonds. The molecule has 0 atom stereocenters. The first-order valence-electron chi connectivity index (χ1n) is 5.16. The Kier molecular flexibility index (Phi) is 2.77. The molecule has 4 nitrogen and oxygen atoms in total. The minimum atomic E-state index is -3.41. The molecule has 0 radical (unpaired) electrons. The SMILES string of the molecule is Cc1cc(C)cc(S(=O)(=O)N2CC(O)C2)c1. The maximum Gasteiger partial charge on any atom is 0.243 e. The Morgan fingerprint density at radius 3 is 2.12 bits per heavy atom. The molecular weight excluding hydrogens is 226 g/mol. The van der Waals surface area contributed by atoms with E-state index in [1.807, 2.05) is 19.9 Å². The van der Waals surface area contributed by atoms with Gasteiger partial charge in [-0.25, -0.2) is 8.42 Å². The zero-order chi connectivity index (χ0) is 11.9. The summed E-state index contributed by atoms with van der Waals surface area (Å²) >= 11 is 0. The number of rotatable bonds is 2. The minimum Gasteiger partial charge on any atom is -0.390 e. The van der Waals surface area contributed by atoms with Gasteiger partial charge in [0, 0.05) is 13.1 Å². The van der Waals surface area contributed by atoms with Gasteiger partial charge in [0.15, 0.2) is 0 Å². The van der Waals surface area contributed by atoms with Gasteiger partial charge in [0.25, 0.3) is 0 Å². The van der Waals surface area contributed by atoms with Crippen molar-refractivity contribution in [3.8, 4) is 0 Å². The average molecular weight is 241 g/mol. The summed E-state index contributed by atoms with van der Waals surface area (Å²) in [6.07, 6.45) is -0.513. The molecule has 1 aliphatic heterocycles. The van der Waals surface area contributed by atoms with Crippen molar-refractivity contribution in [2.75, 3.05) is 13.1 Å². The summed E-state index contributed by atoms with van der Waals surface area (Å²) in [7, 11) is -3.41. The number of β-amino-alcohol motifs (C(OH)–C–C–N with tert-alkyl or cyclic N) is 1. The van der Waals surface area contributed by atoms with Gasteiger partial charge in [-0.3, -0.25) is 0 Å². The van der Waals surface area contributed by atoms with Crippen LogP contribution in [0.3, 0.4) is 0 Å². The van der Waals surface area contributed by atoms with Crippen LogP contribution in [0.5, 0.6) is 0 Å². The molecule has 1 aliphatic rings. The first-order valence-corrected chi connectivity index (χ1v) is 6.60. The molecule has 0 saturated carbocycles. The van der Waals surface area contributed by atoms with Gasteiger partial charge < -0.3 is 5.11 Å². The van der Waals surface area contributed by atoms with Crippen LogP contribution in [0.4, 0.5) is 0 Å². The van der Waals surface area contributed by atoms with Gasteiger partial charge in [0.2, 0.25) is 10.0 Å². The molecule has 0 aromatic heterocycles. The second-order valence-electron chi connectivity index (χ2n) is 4.30. The molecule has 5 heteroatoms. The van der Waals surface area contributed by atoms with Crippen molar-refractivity contribution in [3.63, 3.8) is 0 Å². The molecule has 1 fully saturated rings. The van der Waals surface area contributed by atoms with Gasteiger partial charge in [-0.05, 0) is 37.1 Å². The molecule has 88 valence electrons. The molecule has 0 aliphatic carbocycles. The van der Waals surface area contributed by atoms with Crippen LogP contribution in [0, 0.1) is 13.8 Å². The van der Waals surface area contributed by atoms with Crippen LogP contribution in [-0.2, 0) is 10.0 Å². The smallest absolute Gasteiger partial charge is 0.243 e. The molecule has 0 unspecified atom stereocenters. The Labute approximate surface area is 95.6 Å². The molecule has 0 bridgehead atoms. The number of hydrogen-bond acceptors (Lipinski definition) is 3. The lowest BCUT2D eigenvalue weighted by Crippen LogP contribution is -2.53. The van der Waals surface area contributed by atoms with Crippen molar-refractivity contribution in [2.45, 2.75) is 24.8 Å². The predicted molar refractivity (Wildman–Crippen MR) is 60.7 cm³/mol. The number of aliphatic hydroxyl groups excluding tert-OH is 1. The first-order chi connectivity index (χ1) is 7.39. The van der Waals surface area contributed by atoms with Crippen LogP contribution < -0.4 is 0 Å².